The van der Waals surface area contributed by atoms with Crippen molar-refractivity contribution < 1.29 is 9.47 Å². The van der Waals surface area contributed by atoms with Gasteiger partial charge < -0.3 is 20.1 Å². The second-order valence-corrected chi connectivity index (χ2v) is 5.55. The zero-order valence-corrected chi connectivity index (χ0v) is 13.5. The van der Waals surface area contributed by atoms with E-state index in [9.17, 15) is 0 Å². The molecule has 0 atom stereocenters. The number of hydrogen-bond donors (Lipinski definition) is 2. The Morgan fingerprint density at radius 1 is 0.880 bits per heavy atom. The molecular formula is C18H17N5O2. The van der Waals surface area contributed by atoms with Crippen molar-refractivity contribution in [2.75, 3.05) is 17.4 Å². The van der Waals surface area contributed by atoms with Crippen LogP contribution in [0.3, 0.4) is 0 Å². The summed E-state index contributed by atoms with van der Waals surface area (Å²) < 4.78 is 10.7. The van der Waals surface area contributed by atoms with E-state index in [2.05, 4.69) is 37.9 Å². The molecule has 1 aliphatic heterocycles. The standard InChI is InChI=1S/C18H17N5O2/c1-2-4-13(5-3-1)9-19-17-11-21-23-18(22-17)20-10-14-6-7-15-16(8-14)25-12-24-15/h1-8,11H,9-10,12H2,(H2,19,20,22,23). The van der Waals surface area contributed by atoms with Gasteiger partial charge in [-0.15, -0.1) is 5.10 Å². The monoisotopic (exact) mass is 335 g/mol. The van der Waals surface area contributed by atoms with Crippen LogP contribution in [0.15, 0.2) is 54.7 Å². The van der Waals surface area contributed by atoms with Gasteiger partial charge in [-0.25, -0.2) is 0 Å². The number of benzene rings is 2. The zero-order chi connectivity index (χ0) is 16.9. The largest absolute Gasteiger partial charge is 0.454 e. The van der Waals surface area contributed by atoms with Gasteiger partial charge in [-0.2, -0.15) is 10.1 Å². The van der Waals surface area contributed by atoms with Crippen LogP contribution < -0.4 is 20.1 Å². The first-order valence-electron chi connectivity index (χ1n) is 7.97. The lowest BCUT2D eigenvalue weighted by Gasteiger charge is -2.08. The molecule has 25 heavy (non-hydrogen) atoms. The van der Waals surface area contributed by atoms with Crippen LogP contribution in [0.5, 0.6) is 11.5 Å². The lowest BCUT2D eigenvalue weighted by molar-refractivity contribution is 0.174. The van der Waals surface area contributed by atoms with Crippen molar-refractivity contribution in [1.29, 1.82) is 0 Å². The summed E-state index contributed by atoms with van der Waals surface area (Å²) in [5, 5.41) is 14.4. The van der Waals surface area contributed by atoms with Crippen molar-refractivity contribution in [2.45, 2.75) is 13.1 Å². The van der Waals surface area contributed by atoms with E-state index >= 15 is 0 Å². The smallest absolute Gasteiger partial charge is 0.244 e. The van der Waals surface area contributed by atoms with Crippen LogP contribution in [0.25, 0.3) is 0 Å². The second-order valence-electron chi connectivity index (χ2n) is 5.55. The number of hydrogen-bond acceptors (Lipinski definition) is 7. The number of rotatable bonds is 6. The minimum absolute atomic E-state index is 0.272. The SMILES string of the molecule is c1ccc(CNc2cnnc(NCc3ccc4c(c3)OCO4)n2)cc1. The quantitative estimate of drug-likeness (QED) is 0.717. The van der Waals surface area contributed by atoms with Crippen LogP contribution in [0.1, 0.15) is 11.1 Å². The molecule has 0 spiro atoms. The molecule has 0 unspecified atom stereocenters. The number of anilines is 2. The number of fused-ring (bicyclic) bond motifs is 1. The molecule has 1 aliphatic rings. The van der Waals surface area contributed by atoms with Crippen LogP contribution in [0, 0.1) is 0 Å². The Morgan fingerprint density at radius 3 is 2.64 bits per heavy atom. The molecule has 0 saturated carbocycles. The van der Waals surface area contributed by atoms with Crippen LogP contribution >= 0.6 is 0 Å². The van der Waals surface area contributed by atoms with E-state index in [1.54, 1.807) is 6.20 Å². The average molecular weight is 335 g/mol. The Labute approximate surface area is 145 Å². The van der Waals surface area contributed by atoms with Crippen molar-refractivity contribution in [1.82, 2.24) is 15.2 Å². The first kappa shape index (κ1) is 15.2. The van der Waals surface area contributed by atoms with Crippen molar-refractivity contribution in [3.63, 3.8) is 0 Å². The molecule has 0 radical (unpaired) electrons. The third-order valence-corrected chi connectivity index (χ3v) is 3.76. The number of ether oxygens (including phenoxy) is 2. The second kappa shape index (κ2) is 7.04. The van der Waals surface area contributed by atoms with Gasteiger partial charge in [-0.05, 0) is 23.3 Å². The molecule has 0 fully saturated rings. The summed E-state index contributed by atoms with van der Waals surface area (Å²) in [4.78, 5) is 4.42. The van der Waals surface area contributed by atoms with E-state index in [1.165, 1.54) is 5.56 Å². The van der Waals surface area contributed by atoms with Crippen molar-refractivity contribution in [3.8, 4) is 11.5 Å². The maximum Gasteiger partial charge on any atom is 0.244 e. The Balaban J connectivity index is 1.36. The Kier molecular flexibility index (Phi) is 4.28. The van der Waals surface area contributed by atoms with Gasteiger partial charge in [0.15, 0.2) is 17.3 Å². The minimum Gasteiger partial charge on any atom is -0.454 e. The highest BCUT2D eigenvalue weighted by Gasteiger charge is 2.13. The molecule has 0 saturated heterocycles. The minimum atomic E-state index is 0.272. The molecule has 2 aromatic carbocycles. The average Bonchev–Trinajstić information content (AvgIpc) is 3.14. The molecule has 126 valence electrons. The molecule has 4 rings (SSSR count). The molecule has 3 aromatic rings. The number of nitrogens with one attached hydrogen (secondary N) is 2. The first-order valence-corrected chi connectivity index (χ1v) is 7.97. The molecule has 2 heterocycles. The Bertz CT molecular complexity index is 857. The number of nitrogens with zero attached hydrogens (tertiary/aromatic N) is 3. The summed E-state index contributed by atoms with van der Waals surface area (Å²) in [6.07, 6.45) is 1.61. The molecule has 2 N–H and O–H groups in total. The van der Waals surface area contributed by atoms with Gasteiger partial charge in [0.1, 0.15) is 0 Å². The highest BCUT2D eigenvalue weighted by molar-refractivity contribution is 5.45. The molecule has 1 aromatic heterocycles. The third kappa shape index (κ3) is 3.77. The zero-order valence-electron chi connectivity index (χ0n) is 13.5. The van der Waals surface area contributed by atoms with Crippen LogP contribution in [0.4, 0.5) is 11.8 Å². The summed E-state index contributed by atoms with van der Waals surface area (Å²) in [6, 6.07) is 15.9. The maximum absolute atomic E-state index is 5.38. The molecule has 7 heteroatoms. The predicted octanol–water partition coefficient (Wildman–Crippen LogP) is 2.82. The Hall–Kier alpha value is -3.35. The summed E-state index contributed by atoms with van der Waals surface area (Å²) in [5.41, 5.74) is 2.23. The summed E-state index contributed by atoms with van der Waals surface area (Å²) >= 11 is 0. The fraction of sp³-hybridized carbons (Fsp3) is 0.167. The van der Waals surface area contributed by atoms with Crippen LogP contribution in [0.2, 0.25) is 0 Å². The number of aromatic nitrogens is 3. The highest BCUT2D eigenvalue weighted by Crippen LogP contribution is 2.32. The van der Waals surface area contributed by atoms with Crippen molar-refractivity contribution in [2.24, 2.45) is 0 Å². The van der Waals surface area contributed by atoms with E-state index < -0.39 is 0 Å². The molecule has 0 amide bonds. The van der Waals surface area contributed by atoms with E-state index in [1.807, 2.05) is 36.4 Å². The van der Waals surface area contributed by atoms with Gasteiger partial charge in [0, 0.05) is 13.1 Å². The third-order valence-electron chi connectivity index (χ3n) is 3.76. The lowest BCUT2D eigenvalue weighted by atomic mass is 10.2. The molecule has 0 bridgehead atoms. The van der Waals surface area contributed by atoms with Gasteiger partial charge in [0.05, 0.1) is 6.20 Å². The van der Waals surface area contributed by atoms with Crippen LogP contribution in [-0.4, -0.2) is 22.0 Å². The highest BCUT2D eigenvalue weighted by atomic mass is 16.7. The van der Waals surface area contributed by atoms with E-state index in [4.69, 9.17) is 9.47 Å². The van der Waals surface area contributed by atoms with Crippen molar-refractivity contribution in [3.05, 3.63) is 65.9 Å². The molecule has 0 aliphatic carbocycles. The topological polar surface area (TPSA) is 81.2 Å². The molecular weight excluding hydrogens is 318 g/mol. The van der Waals surface area contributed by atoms with Gasteiger partial charge in [0.2, 0.25) is 12.7 Å². The van der Waals surface area contributed by atoms with Gasteiger partial charge in [0.25, 0.3) is 0 Å². The summed E-state index contributed by atoms with van der Waals surface area (Å²) in [5.74, 6) is 2.67. The van der Waals surface area contributed by atoms with E-state index in [0.717, 1.165) is 17.1 Å². The van der Waals surface area contributed by atoms with Gasteiger partial charge in [-0.3, -0.25) is 0 Å². The lowest BCUT2D eigenvalue weighted by Crippen LogP contribution is -2.08. The summed E-state index contributed by atoms with van der Waals surface area (Å²) in [6.45, 7) is 1.52. The normalized spacial score (nSPS) is 12.0. The van der Waals surface area contributed by atoms with Gasteiger partial charge >= 0.3 is 0 Å². The molecule has 7 nitrogen and oxygen atoms in total. The predicted molar refractivity (Wildman–Crippen MR) is 93.5 cm³/mol. The fourth-order valence-corrected chi connectivity index (χ4v) is 2.48. The van der Waals surface area contributed by atoms with Crippen LogP contribution in [-0.2, 0) is 13.1 Å². The summed E-state index contributed by atoms with van der Waals surface area (Å²) in [7, 11) is 0. The van der Waals surface area contributed by atoms with Crippen molar-refractivity contribution >= 4 is 11.8 Å². The Morgan fingerprint density at radius 2 is 1.72 bits per heavy atom. The maximum atomic E-state index is 5.38. The fourth-order valence-electron chi connectivity index (χ4n) is 2.48. The first-order chi connectivity index (χ1) is 12.4. The van der Waals surface area contributed by atoms with E-state index in [-0.39, 0.29) is 6.79 Å². The van der Waals surface area contributed by atoms with Gasteiger partial charge in [-0.1, -0.05) is 36.4 Å². The van der Waals surface area contributed by atoms with E-state index in [0.29, 0.717) is 24.9 Å².